The highest BCUT2D eigenvalue weighted by Crippen LogP contribution is 2.35. The zero-order chi connectivity index (χ0) is 21.8. The molecule has 6 heteroatoms. The minimum atomic E-state index is -0.635. The van der Waals surface area contributed by atoms with Crippen LogP contribution in [-0.4, -0.2) is 61.6 Å². The summed E-state index contributed by atoms with van der Waals surface area (Å²) in [6.45, 7) is 2.90. The van der Waals surface area contributed by atoms with E-state index >= 15 is 0 Å². The summed E-state index contributed by atoms with van der Waals surface area (Å²) >= 11 is 0. The topological polar surface area (TPSA) is 53.1 Å². The second-order valence-corrected chi connectivity index (χ2v) is 8.42. The molecule has 31 heavy (non-hydrogen) atoms. The van der Waals surface area contributed by atoms with Gasteiger partial charge in [0.05, 0.1) is 13.2 Å². The number of hydrogen-bond donors (Lipinski definition) is 0. The van der Waals surface area contributed by atoms with E-state index in [-0.39, 0.29) is 18.0 Å². The highest BCUT2D eigenvalue weighted by Gasteiger charge is 2.41. The minimum Gasteiger partial charge on any atom is -0.467 e. The van der Waals surface area contributed by atoms with Crippen molar-refractivity contribution in [2.75, 3.05) is 38.7 Å². The summed E-state index contributed by atoms with van der Waals surface area (Å²) in [5.74, 6) is -0.384. The fourth-order valence-corrected chi connectivity index (χ4v) is 4.76. The third kappa shape index (κ3) is 4.44. The van der Waals surface area contributed by atoms with E-state index in [1.54, 1.807) is 9.80 Å². The summed E-state index contributed by atoms with van der Waals surface area (Å²) in [6.07, 6.45) is 4.14. The number of nitrogens with zero attached hydrogens (tertiary/aromatic N) is 3. The van der Waals surface area contributed by atoms with Crippen molar-refractivity contribution in [1.29, 1.82) is 0 Å². The maximum atomic E-state index is 13.8. The summed E-state index contributed by atoms with van der Waals surface area (Å²) < 4.78 is 5.03. The van der Waals surface area contributed by atoms with Gasteiger partial charge in [0.25, 0.3) is 0 Å². The van der Waals surface area contributed by atoms with Gasteiger partial charge < -0.3 is 14.5 Å². The molecule has 0 spiro atoms. The molecular formula is C25H31N3O3. The lowest BCUT2D eigenvalue weighted by atomic mass is 10.0. The van der Waals surface area contributed by atoms with Gasteiger partial charge in [0.15, 0.2) is 0 Å². The van der Waals surface area contributed by atoms with Crippen molar-refractivity contribution in [3.63, 3.8) is 0 Å². The number of hydrogen-bond acceptors (Lipinski definition) is 4. The summed E-state index contributed by atoms with van der Waals surface area (Å²) in [5, 5.41) is 0. The highest BCUT2D eigenvalue weighted by molar-refractivity contribution is 6.01. The number of likely N-dealkylation sites (N-methyl/N-ethyl adjacent to an activating group) is 1. The van der Waals surface area contributed by atoms with E-state index in [4.69, 9.17) is 4.74 Å². The Morgan fingerprint density at radius 3 is 2.42 bits per heavy atom. The lowest BCUT2D eigenvalue weighted by Gasteiger charge is -2.38. The second-order valence-electron chi connectivity index (χ2n) is 8.42. The van der Waals surface area contributed by atoms with Crippen molar-refractivity contribution in [1.82, 2.24) is 9.80 Å². The number of likely N-dealkylation sites (tertiary alicyclic amines) is 1. The Morgan fingerprint density at radius 1 is 1.03 bits per heavy atom. The van der Waals surface area contributed by atoms with Crippen LogP contribution in [0, 0.1) is 0 Å². The lowest BCUT2D eigenvalue weighted by Crippen LogP contribution is -2.51. The fourth-order valence-electron chi connectivity index (χ4n) is 4.76. The molecule has 0 aliphatic carbocycles. The Balaban J connectivity index is 1.64. The van der Waals surface area contributed by atoms with E-state index in [0.717, 1.165) is 36.4 Å². The summed E-state index contributed by atoms with van der Waals surface area (Å²) in [7, 11) is 3.22. The van der Waals surface area contributed by atoms with Crippen LogP contribution < -0.4 is 4.90 Å². The number of amides is 2. The number of carbonyl (C=O) groups excluding carboxylic acids is 2. The number of esters is 1. The van der Waals surface area contributed by atoms with Gasteiger partial charge in [0.2, 0.25) is 0 Å². The number of urea groups is 1. The second kappa shape index (κ2) is 9.52. The van der Waals surface area contributed by atoms with Crippen molar-refractivity contribution in [2.24, 2.45) is 0 Å². The van der Waals surface area contributed by atoms with Gasteiger partial charge in [-0.3, -0.25) is 4.90 Å². The Morgan fingerprint density at radius 2 is 1.71 bits per heavy atom. The quantitative estimate of drug-likeness (QED) is 0.688. The van der Waals surface area contributed by atoms with E-state index in [1.165, 1.54) is 26.4 Å². The molecule has 1 saturated heterocycles. The van der Waals surface area contributed by atoms with Gasteiger partial charge in [-0.25, -0.2) is 9.59 Å². The smallest absolute Gasteiger partial charge is 0.329 e. The van der Waals surface area contributed by atoms with Gasteiger partial charge in [-0.1, -0.05) is 55.0 Å². The van der Waals surface area contributed by atoms with Gasteiger partial charge in [0, 0.05) is 25.7 Å². The largest absolute Gasteiger partial charge is 0.467 e. The Bertz CT molecular complexity index is 911. The predicted octanol–water partition coefficient (Wildman–Crippen LogP) is 3.87. The van der Waals surface area contributed by atoms with E-state index in [9.17, 15) is 9.59 Å². The molecular weight excluding hydrogens is 390 g/mol. The molecule has 0 radical (unpaired) electrons. The summed E-state index contributed by atoms with van der Waals surface area (Å²) in [5.41, 5.74) is 2.89. The van der Waals surface area contributed by atoms with Crippen LogP contribution in [0.1, 0.15) is 36.4 Å². The van der Waals surface area contributed by atoms with Gasteiger partial charge in [-0.2, -0.15) is 0 Å². The number of fused-ring (bicyclic) bond motifs is 1. The van der Waals surface area contributed by atoms with Crippen molar-refractivity contribution >= 4 is 17.7 Å². The number of methoxy groups -OCH3 is 1. The molecule has 0 saturated carbocycles. The van der Waals surface area contributed by atoms with Gasteiger partial charge >= 0.3 is 12.0 Å². The third-order valence-corrected chi connectivity index (χ3v) is 6.49. The lowest BCUT2D eigenvalue weighted by molar-refractivity contribution is -0.141. The normalized spacial score (nSPS) is 19.5. The summed E-state index contributed by atoms with van der Waals surface area (Å²) in [4.78, 5) is 32.2. The standard InChI is InChI=1S/C25H31N3O3/c1-26(23(19-11-5-3-6-12-19)18-27-15-9-4-10-16-27)25(30)28-21-14-8-7-13-20(21)17-22(28)24(29)31-2/h3,5-8,11-14,22-23H,4,9-10,15-18H2,1-2H3/t22?,23-/m1/s1. The fraction of sp³-hybridized carbons (Fsp3) is 0.440. The molecule has 2 atom stereocenters. The summed E-state index contributed by atoms with van der Waals surface area (Å²) in [6, 6.07) is 17.0. The van der Waals surface area contributed by atoms with Gasteiger partial charge in [-0.15, -0.1) is 0 Å². The van der Waals surface area contributed by atoms with Crippen LogP contribution in [0.4, 0.5) is 10.5 Å². The first-order chi connectivity index (χ1) is 15.1. The molecule has 0 N–H and O–H groups in total. The van der Waals surface area contributed by atoms with Gasteiger partial charge in [0.1, 0.15) is 6.04 Å². The molecule has 2 aliphatic heterocycles. The average molecular weight is 422 g/mol. The van der Waals surface area contributed by atoms with Crippen LogP contribution in [0.15, 0.2) is 54.6 Å². The molecule has 2 aromatic carbocycles. The highest BCUT2D eigenvalue weighted by atomic mass is 16.5. The number of piperidine rings is 1. The van der Waals surface area contributed by atoms with Crippen LogP contribution in [0.25, 0.3) is 0 Å². The molecule has 2 amide bonds. The molecule has 1 fully saturated rings. The van der Waals surface area contributed by atoms with Crippen molar-refractivity contribution < 1.29 is 14.3 Å². The number of ether oxygens (including phenoxy) is 1. The van der Waals surface area contributed by atoms with Crippen molar-refractivity contribution in [3.05, 3.63) is 65.7 Å². The molecule has 164 valence electrons. The van der Waals surface area contributed by atoms with Crippen LogP contribution in [0.2, 0.25) is 0 Å². The van der Waals surface area contributed by atoms with E-state index < -0.39 is 6.04 Å². The first kappa shape index (κ1) is 21.4. The Kier molecular flexibility index (Phi) is 6.56. The number of benzene rings is 2. The Hall–Kier alpha value is -2.86. The first-order valence-corrected chi connectivity index (χ1v) is 11.1. The van der Waals surface area contributed by atoms with Crippen LogP contribution in [0.3, 0.4) is 0 Å². The van der Waals surface area contributed by atoms with Crippen molar-refractivity contribution in [2.45, 2.75) is 37.8 Å². The van der Waals surface area contributed by atoms with Crippen LogP contribution in [0.5, 0.6) is 0 Å². The predicted molar refractivity (Wildman–Crippen MR) is 121 cm³/mol. The Labute approximate surface area is 184 Å². The van der Waals surface area contributed by atoms with E-state index in [2.05, 4.69) is 17.0 Å². The molecule has 1 unspecified atom stereocenters. The molecule has 2 heterocycles. The maximum absolute atomic E-state index is 13.8. The number of anilines is 1. The van der Waals surface area contributed by atoms with E-state index in [0.29, 0.717) is 6.42 Å². The van der Waals surface area contributed by atoms with Crippen molar-refractivity contribution in [3.8, 4) is 0 Å². The maximum Gasteiger partial charge on any atom is 0.329 e. The van der Waals surface area contributed by atoms with Crippen LogP contribution in [-0.2, 0) is 16.0 Å². The third-order valence-electron chi connectivity index (χ3n) is 6.49. The number of carbonyl (C=O) groups is 2. The molecule has 0 aromatic heterocycles. The first-order valence-electron chi connectivity index (χ1n) is 11.1. The molecule has 4 rings (SSSR count). The number of para-hydroxylation sites is 1. The van der Waals surface area contributed by atoms with E-state index in [1.807, 2.05) is 49.5 Å². The zero-order valence-corrected chi connectivity index (χ0v) is 18.4. The minimum absolute atomic E-state index is 0.0992. The SMILES string of the molecule is COC(=O)C1Cc2ccccc2N1C(=O)N(C)[C@H](CN1CCCCC1)c1ccccc1. The average Bonchev–Trinajstić information content (AvgIpc) is 3.22. The molecule has 2 aromatic rings. The zero-order valence-electron chi connectivity index (χ0n) is 18.4. The molecule has 2 aliphatic rings. The van der Waals surface area contributed by atoms with Gasteiger partial charge in [-0.05, 0) is 43.1 Å². The molecule has 6 nitrogen and oxygen atoms in total. The number of rotatable bonds is 5. The van der Waals surface area contributed by atoms with Crippen LogP contribution >= 0.6 is 0 Å². The molecule has 0 bridgehead atoms. The monoisotopic (exact) mass is 421 g/mol.